The van der Waals surface area contributed by atoms with Gasteiger partial charge in [0.25, 0.3) is 0 Å². The molecule has 0 spiro atoms. The second-order valence-electron chi connectivity index (χ2n) is 2.79. The zero-order chi connectivity index (χ0) is 9.97. The first-order chi connectivity index (χ1) is 6.86. The lowest BCUT2D eigenvalue weighted by Gasteiger charge is -1.96. The lowest BCUT2D eigenvalue weighted by atomic mass is 10.0. The van der Waals surface area contributed by atoms with Gasteiger partial charge >= 0.3 is 0 Å². The average molecular weight is 179 g/mol. The number of rotatable bonds is 0. The lowest BCUT2D eigenvalue weighted by molar-refractivity contribution is 1.47. The monoisotopic (exact) mass is 179 g/mol. The summed E-state index contributed by atoms with van der Waals surface area (Å²) in [5.74, 6) is 0. The maximum Gasteiger partial charge on any atom is 0.139 e. The number of para-hydroxylation sites is 1. The third kappa shape index (κ3) is 1.09. The third-order valence-electron chi connectivity index (χ3n) is 2.02. The van der Waals surface area contributed by atoms with Crippen molar-refractivity contribution in [2.75, 3.05) is 0 Å². The minimum Gasteiger partial charge on any atom is -0.256 e. The van der Waals surface area contributed by atoms with E-state index in [1.165, 1.54) is 0 Å². The van der Waals surface area contributed by atoms with Gasteiger partial charge in [-0.1, -0.05) is 18.2 Å². The van der Waals surface area contributed by atoms with Crippen LogP contribution in [0.15, 0.2) is 34.8 Å². The molecule has 0 aromatic heterocycles. The van der Waals surface area contributed by atoms with Crippen LogP contribution in [0.3, 0.4) is 0 Å². The van der Waals surface area contributed by atoms with E-state index in [-0.39, 0.29) is 5.57 Å². The van der Waals surface area contributed by atoms with Crippen molar-refractivity contribution in [3.8, 4) is 12.1 Å². The Kier molecular flexibility index (Phi) is 1.86. The molecule has 0 fully saturated rings. The predicted octanol–water partition coefficient (Wildman–Crippen LogP) is 2.20. The van der Waals surface area contributed by atoms with Crippen molar-refractivity contribution >= 4 is 17.5 Å². The fourth-order valence-corrected chi connectivity index (χ4v) is 1.36. The number of nitrogens with zero attached hydrogens (tertiary/aromatic N) is 3. The number of nitriles is 2. The zero-order valence-electron chi connectivity index (χ0n) is 7.23. The van der Waals surface area contributed by atoms with Gasteiger partial charge in [-0.15, -0.1) is 0 Å². The number of hydrogen-bond donors (Lipinski definition) is 0. The molecule has 0 aliphatic carbocycles. The van der Waals surface area contributed by atoms with Crippen LogP contribution in [0.5, 0.6) is 0 Å². The molecule has 2 rings (SSSR count). The Morgan fingerprint density at radius 2 is 1.86 bits per heavy atom. The van der Waals surface area contributed by atoms with Crippen LogP contribution in [0, 0.1) is 22.7 Å². The van der Waals surface area contributed by atoms with Crippen molar-refractivity contribution in [1.29, 1.82) is 10.5 Å². The van der Waals surface area contributed by atoms with Crippen LogP contribution >= 0.6 is 0 Å². The first kappa shape index (κ1) is 8.22. The molecule has 0 atom stereocenters. The van der Waals surface area contributed by atoms with Gasteiger partial charge in [-0.2, -0.15) is 10.5 Å². The molecule has 3 nitrogen and oxygen atoms in total. The molecule has 14 heavy (non-hydrogen) atoms. The maximum atomic E-state index is 8.72. The molecule has 1 aromatic rings. The summed E-state index contributed by atoms with van der Waals surface area (Å²) in [4.78, 5) is 4.11. The highest BCUT2D eigenvalue weighted by Crippen LogP contribution is 2.32. The minimum absolute atomic E-state index is 0.110. The summed E-state index contributed by atoms with van der Waals surface area (Å²) >= 11 is 0. The molecule has 0 bridgehead atoms. The summed E-state index contributed by atoms with van der Waals surface area (Å²) in [5, 5.41) is 17.4. The molecule has 64 valence electrons. The van der Waals surface area contributed by atoms with E-state index in [4.69, 9.17) is 10.5 Å². The first-order valence-corrected chi connectivity index (χ1v) is 4.05. The highest BCUT2D eigenvalue weighted by Gasteiger charge is 2.15. The smallest absolute Gasteiger partial charge is 0.139 e. The van der Waals surface area contributed by atoms with Crippen LogP contribution < -0.4 is 0 Å². The molecule has 0 N–H and O–H groups in total. The first-order valence-electron chi connectivity index (χ1n) is 4.05. The summed E-state index contributed by atoms with van der Waals surface area (Å²) in [6.45, 7) is 0. The number of allylic oxidation sites excluding steroid dienone is 2. The summed E-state index contributed by atoms with van der Waals surface area (Å²) < 4.78 is 0. The maximum absolute atomic E-state index is 8.72. The molecule has 1 aliphatic rings. The Bertz CT molecular complexity index is 508. The molecule has 0 amide bonds. The van der Waals surface area contributed by atoms with Crippen molar-refractivity contribution in [1.82, 2.24) is 0 Å². The van der Waals surface area contributed by atoms with Crippen LogP contribution in [-0.2, 0) is 0 Å². The number of hydrogen-bond acceptors (Lipinski definition) is 3. The van der Waals surface area contributed by atoms with E-state index in [1.807, 2.05) is 36.4 Å². The lowest BCUT2D eigenvalue weighted by Crippen LogP contribution is -1.85. The van der Waals surface area contributed by atoms with E-state index in [1.54, 1.807) is 6.21 Å². The summed E-state index contributed by atoms with van der Waals surface area (Å²) in [5.41, 5.74) is 2.39. The minimum atomic E-state index is 0.110. The van der Waals surface area contributed by atoms with Crippen molar-refractivity contribution in [3.05, 3.63) is 35.4 Å². The molecule has 0 radical (unpaired) electrons. The molecule has 1 heterocycles. The highest BCUT2D eigenvalue weighted by atomic mass is 14.8. The fourth-order valence-electron chi connectivity index (χ4n) is 1.36. The molecule has 0 unspecified atom stereocenters. The van der Waals surface area contributed by atoms with Crippen LogP contribution in [0.4, 0.5) is 5.69 Å². The van der Waals surface area contributed by atoms with Gasteiger partial charge in [-0.25, -0.2) is 0 Å². The molecule has 3 heteroatoms. The van der Waals surface area contributed by atoms with Gasteiger partial charge < -0.3 is 0 Å². The summed E-state index contributed by atoms with van der Waals surface area (Å²) in [6.07, 6.45) is 1.56. The number of fused-ring (bicyclic) bond motifs is 1. The topological polar surface area (TPSA) is 59.9 Å². The molecule has 1 aliphatic heterocycles. The van der Waals surface area contributed by atoms with Crippen molar-refractivity contribution in [2.45, 2.75) is 0 Å². The van der Waals surface area contributed by atoms with E-state index in [0.717, 1.165) is 11.3 Å². The average Bonchev–Trinajstić information content (AvgIpc) is 2.65. The fraction of sp³-hybridized carbons (Fsp3) is 0. The Hall–Kier alpha value is -2.39. The Morgan fingerprint density at radius 1 is 1.14 bits per heavy atom. The summed E-state index contributed by atoms with van der Waals surface area (Å²) in [6, 6.07) is 11.2. The van der Waals surface area contributed by atoms with E-state index in [0.29, 0.717) is 5.57 Å². The molecule has 1 aromatic carbocycles. The molecular weight excluding hydrogens is 174 g/mol. The van der Waals surface area contributed by atoms with Gasteiger partial charge in [0, 0.05) is 17.4 Å². The second-order valence-corrected chi connectivity index (χ2v) is 2.79. The quantitative estimate of drug-likeness (QED) is 0.573. The largest absolute Gasteiger partial charge is 0.256 e. The van der Waals surface area contributed by atoms with Crippen LogP contribution in [0.2, 0.25) is 0 Å². The van der Waals surface area contributed by atoms with E-state index >= 15 is 0 Å². The Morgan fingerprint density at radius 3 is 2.57 bits per heavy atom. The normalized spacial score (nSPS) is 11.7. The van der Waals surface area contributed by atoms with Gasteiger partial charge in [0.2, 0.25) is 0 Å². The van der Waals surface area contributed by atoms with Crippen molar-refractivity contribution < 1.29 is 0 Å². The molecule has 0 saturated carbocycles. The van der Waals surface area contributed by atoms with Gasteiger partial charge in [0.15, 0.2) is 0 Å². The van der Waals surface area contributed by atoms with Gasteiger partial charge in [0.05, 0.1) is 5.69 Å². The van der Waals surface area contributed by atoms with E-state index in [2.05, 4.69) is 4.99 Å². The second kappa shape index (κ2) is 3.16. The third-order valence-corrected chi connectivity index (χ3v) is 2.02. The Balaban J connectivity index is 2.68. The SMILES string of the molecule is N#CC(C#N)=C1C=Nc2ccccc21. The zero-order valence-corrected chi connectivity index (χ0v) is 7.23. The highest BCUT2D eigenvalue weighted by molar-refractivity contribution is 6.18. The van der Waals surface area contributed by atoms with Crippen LogP contribution in [0.1, 0.15) is 5.56 Å². The van der Waals surface area contributed by atoms with Gasteiger partial charge in [0.1, 0.15) is 17.7 Å². The van der Waals surface area contributed by atoms with E-state index in [9.17, 15) is 0 Å². The standard InChI is InChI=1S/C11H5N3/c12-5-8(6-13)10-7-14-11-4-2-1-3-9(10)11/h1-4,7H. The van der Waals surface area contributed by atoms with Crippen LogP contribution in [-0.4, -0.2) is 6.21 Å². The summed E-state index contributed by atoms with van der Waals surface area (Å²) in [7, 11) is 0. The van der Waals surface area contributed by atoms with Crippen LogP contribution in [0.25, 0.3) is 5.57 Å². The predicted molar refractivity (Wildman–Crippen MR) is 52.7 cm³/mol. The molecule has 0 saturated heterocycles. The number of aliphatic imine (C=N–C) groups is 1. The number of benzene rings is 1. The van der Waals surface area contributed by atoms with Gasteiger partial charge in [-0.05, 0) is 6.07 Å². The van der Waals surface area contributed by atoms with Crippen molar-refractivity contribution in [2.24, 2.45) is 4.99 Å². The molecular formula is C11H5N3. The van der Waals surface area contributed by atoms with Crippen molar-refractivity contribution in [3.63, 3.8) is 0 Å². The van der Waals surface area contributed by atoms with E-state index < -0.39 is 0 Å². The Labute approximate surface area is 81.2 Å². The van der Waals surface area contributed by atoms with Gasteiger partial charge in [-0.3, -0.25) is 4.99 Å².